The zero-order valence-electron chi connectivity index (χ0n) is 16.7. The van der Waals surface area contributed by atoms with Gasteiger partial charge < -0.3 is 19.7 Å². The van der Waals surface area contributed by atoms with Crippen molar-refractivity contribution < 1.29 is 29.3 Å². The third-order valence-electron chi connectivity index (χ3n) is 4.80. The SMILES string of the molecule is COc1cc(OC)c(C(=O)C(=O)c2ccc(O)cc2)cc1CCc1ccc(O)cc1. The number of Topliss-reactive ketones (excluding diaryl/α,β-unsaturated/α-hetero) is 2. The lowest BCUT2D eigenvalue weighted by molar-refractivity contribution is 0.0815. The van der Waals surface area contributed by atoms with Gasteiger partial charge >= 0.3 is 0 Å². The largest absolute Gasteiger partial charge is 0.508 e. The molecule has 30 heavy (non-hydrogen) atoms. The Morgan fingerprint density at radius 1 is 0.733 bits per heavy atom. The highest BCUT2D eigenvalue weighted by Gasteiger charge is 2.24. The van der Waals surface area contributed by atoms with E-state index >= 15 is 0 Å². The second-order valence-corrected chi connectivity index (χ2v) is 6.74. The topological polar surface area (TPSA) is 93.1 Å². The van der Waals surface area contributed by atoms with Crippen LogP contribution in [0.25, 0.3) is 0 Å². The van der Waals surface area contributed by atoms with Crippen LogP contribution in [0.1, 0.15) is 31.8 Å². The van der Waals surface area contributed by atoms with E-state index < -0.39 is 11.6 Å². The Labute approximate surface area is 174 Å². The fourth-order valence-electron chi connectivity index (χ4n) is 3.15. The van der Waals surface area contributed by atoms with E-state index in [2.05, 4.69) is 0 Å². The molecular weight excluding hydrogens is 384 g/mol. The molecule has 0 atom stereocenters. The van der Waals surface area contributed by atoms with Gasteiger partial charge in [0.2, 0.25) is 11.6 Å². The van der Waals surface area contributed by atoms with Crippen molar-refractivity contribution in [1.29, 1.82) is 0 Å². The molecule has 0 bridgehead atoms. The monoisotopic (exact) mass is 406 g/mol. The van der Waals surface area contributed by atoms with Gasteiger partial charge in [0.1, 0.15) is 23.0 Å². The van der Waals surface area contributed by atoms with Gasteiger partial charge in [0.05, 0.1) is 19.8 Å². The van der Waals surface area contributed by atoms with Gasteiger partial charge in [-0.3, -0.25) is 9.59 Å². The predicted octanol–water partition coefficient (Wildman–Crippen LogP) is 3.97. The second kappa shape index (κ2) is 9.13. The molecule has 0 fully saturated rings. The minimum atomic E-state index is -0.703. The number of aryl methyl sites for hydroxylation is 2. The van der Waals surface area contributed by atoms with Crippen molar-refractivity contribution in [3.8, 4) is 23.0 Å². The zero-order valence-corrected chi connectivity index (χ0v) is 16.7. The molecule has 2 N–H and O–H groups in total. The number of ether oxygens (including phenoxy) is 2. The van der Waals surface area contributed by atoms with Crippen LogP contribution in [0, 0.1) is 0 Å². The van der Waals surface area contributed by atoms with Gasteiger partial charge in [0, 0.05) is 11.6 Å². The number of phenolic OH excluding ortho intramolecular Hbond substituents is 2. The van der Waals surface area contributed by atoms with Crippen molar-refractivity contribution in [3.63, 3.8) is 0 Å². The average Bonchev–Trinajstić information content (AvgIpc) is 2.77. The van der Waals surface area contributed by atoms with Crippen molar-refractivity contribution >= 4 is 11.6 Å². The Morgan fingerprint density at radius 3 is 1.87 bits per heavy atom. The van der Waals surface area contributed by atoms with Gasteiger partial charge in [-0.1, -0.05) is 12.1 Å². The number of carbonyl (C=O) groups is 2. The fraction of sp³-hybridized carbons (Fsp3) is 0.167. The van der Waals surface area contributed by atoms with Crippen molar-refractivity contribution in [1.82, 2.24) is 0 Å². The van der Waals surface area contributed by atoms with Crippen LogP contribution in [-0.2, 0) is 12.8 Å². The lowest BCUT2D eigenvalue weighted by Gasteiger charge is -2.14. The maximum absolute atomic E-state index is 12.9. The smallest absolute Gasteiger partial charge is 0.237 e. The first-order valence-corrected chi connectivity index (χ1v) is 9.33. The van der Waals surface area contributed by atoms with Crippen molar-refractivity contribution in [3.05, 3.63) is 82.9 Å². The van der Waals surface area contributed by atoms with Gasteiger partial charge in [-0.25, -0.2) is 0 Å². The second-order valence-electron chi connectivity index (χ2n) is 6.74. The van der Waals surface area contributed by atoms with E-state index in [1.54, 1.807) is 24.3 Å². The molecule has 0 aliphatic carbocycles. The number of phenols is 2. The Hall–Kier alpha value is -3.80. The van der Waals surface area contributed by atoms with Crippen molar-refractivity contribution in [2.45, 2.75) is 12.8 Å². The summed E-state index contributed by atoms with van der Waals surface area (Å²) in [7, 11) is 2.95. The molecule has 0 aliphatic heterocycles. The molecule has 0 amide bonds. The molecule has 0 spiro atoms. The Morgan fingerprint density at radius 2 is 1.30 bits per heavy atom. The number of ketones is 2. The summed E-state index contributed by atoms with van der Waals surface area (Å²) >= 11 is 0. The molecule has 0 saturated heterocycles. The van der Waals surface area contributed by atoms with E-state index in [0.717, 1.165) is 11.1 Å². The highest BCUT2D eigenvalue weighted by atomic mass is 16.5. The molecule has 3 rings (SSSR count). The number of methoxy groups -OCH3 is 2. The zero-order chi connectivity index (χ0) is 21.7. The van der Waals surface area contributed by atoms with Crippen LogP contribution in [-0.4, -0.2) is 36.0 Å². The van der Waals surface area contributed by atoms with Crippen LogP contribution >= 0.6 is 0 Å². The van der Waals surface area contributed by atoms with Gasteiger partial charge in [0.25, 0.3) is 0 Å². The molecule has 0 radical (unpaired) electrons. The summed E-state index contributed by atoms with van der Waals surface area (Å²) in [5, 5.41) is 18.8. The van der Waals surface area contributed by atoms with Gasteiger partial charge in [-0.2, -0.15) is 0 Å². The Bertz CT molecular complexity index is 1050. The summed E-state index contributed by atoms with van der Waals surface area (Å²) in [6, 6.07) is 15.6. The third kappa shape index (κ3) is 4.60. The van der Waals surface area contributed by atoms with E-state index in [9.17, 15) is 19.8 Å². The first kappa shape index (κ1) is 20.9. The Balaban J connectivity index is 1.91. The molecule has 154 valence electrons. The maximum atomic E-state index is 12.9. The summed E-state index contributed by atoms with van der Waals surface area (Å²) in [5.74, 6) is -0.385. The quantitative estimate of drug-likeness (QED) is 0.434. The molecule has 0 aliphatic rings. The van der Waals surface area contributed by atoms with E-state index in [1.165, 1.54) is 38.5 Å². The van der Waals surface area contributed by atoms with E-state index in [0.29, 0.717) is 18.6 Å². The lowest BCUT2D eigenvalue weighted by Crippen LogP contribution is -2.16. The van der Waals surface area contributed by atoms with Gasteiger partial charge in [-0.15, -0.1) is 0 Å². The van der Waals surface area contributed by atoms with Crippen LogP contribution in [0.5, 0.6) is 23.0 Å². The molecule has 6 nitrogen and oxygen atoms in total. The number of rotatable bonds is 8. The van der Waals surface area contributed by atoms with Crippen LogP contribution in [0.15, 0.2) is 60.7 Å². The maximum Gasteiger partial charge on any atom is 0.237 e. The molecule has 0 heterocycles. The van der Waals surface area contributed by atoms with E-state index in [1.807, 2.05) is 12.1 Å². The Kier molecular flexibility index (Phi) is 6.37. The minimum absolute atomic E-state index is 0.0116. The lowest BCUT2D eigenvalue weighted by atomic mass is 9.96. The number of carbonyl (C=O) groups excluding carboxylic acids is 2. The molecule has 3 aromatic carbocycles. The summed E-state index contributed by atoms with van der Waals surface area (Å²) in [6.07, 6.45) is 1.22. The summed E-state index contributed by atoms with van der Waals surface area (Å²) in [4.78, 5) is 25.6. The normalized spacial score (nSPS) is 10.5. The highest BCUT2D eigenvalue weighted by molar-refractivity contribution is 6.49. The molecule has 0 unspecified atom stereocenters. The van der Waals surface area contributed by atoms with Crippen molar-refractivity contribution in [2.24, 2.45) is 0 Å². The number of hydrogen-bond acceptors (Lipinski definition) is 6. The molecular formula is C24H22O6. The number of aromatic hydroxyl groups is 2. The fourth-order valence-corrected chi connectivity index (χ4v) is 3.15. The van der Waals surface area contributed by atoms with Crippen LogP contribution in [0.2, 0.25) is 0 Å². The molecule has 0 aromatic heterocycles. The summed E-state index contributed by atoms with van der Waals surface area (Å²) < 4.78 is 10.8. The summed E-state index contributed by atoms with van der Waals surface area (Å²) in [6.45, 7) is 0. The van der Waals surface area contributed by atoms with Crippen LogP contribution in [0.3, 0.4) is 0 Å². The average molecular weight is 406 g/mol. The minimum Gasteiger partial charge on any atom is -0.508 e. The van der Waals surface area contributed by atoms with E-state index in [4.69, 9.17) is 9.47 Å². The van der Waals surface area contributed by atoms with E-state index in [-0.39, 0.29) is 28.4 Å². The predicted molar refractivity (Wildman–Crippen MR) is 112 cm³/mol. The van der Waals surface area contributed by atoms with Gasteiger partial charge in [-0.05, 0) is 66.4 Å². The molecule has 3 aromatic rings. The number of benzene rings is 3. The summed E-state index contributed by atoms with van der Waals surface area (Å²) in [5.41, 5.74) is 2.10. The first-order valence-electron chi connectivity index (χ1n) is 9.33. The molecule has 0 saturated carbocycles. The first-order chi connectivity index (χ1) is 14.4. The standard InChI is InChI=1S/C24H22O6/c1-29-21-14-22(30-2)20(24(28)23(27)16-7-11-19(26)12-8-16)13-17(21)6-3-15-4-9-18(25)10-5-15/h4-5,7-14,25-26H,3,6H2,1-2H3. The van der Waals surface area contributed by atoms with Crippen molar-refractivity contribution in [2.75, 3.05) is 14.2 Å². The van der Waals surface area contributed by atoms with Crippen LogP contribution < -0.4 is 9.47 Å². The highest BCUT2D eigenvalue weighted by Crippen LogP contribution is 2.31. The van der Waals surface area contributed by atoms with Gasteiger partial charge in [0.15, 0.2) is 0 Å². The molecule has 6 heteroatoms. The van der Waals surface area contributed by atoms with Crippen LogP contribution in [0.4, 0.5) is 0 Å². The third-order valence-corrected chi connectivity index (χ3v) is 4.80. The number of hydrogen-bond donors (Lipinski definition) is 2.